The summed E-state index contributed by atoms with van der Waals surface area (Å²) in [6, 6.07) is -0.635. The van der Waals surface area contributed by atoms with Gasteiger partial charge in [-0.2, -0.15) is 0 Å². The number of hydrogen-bond acceptors (Lipinski definition) is 5. The molecule has 2 aliphatic rings. The smallest absolute Gasteiger partial charge is 0.175 e. The molecule has 2 aliphatic heterocycles. The molecule has 0 amide bonds. The van der Waals surface area contributed by atoms with Crippen LogP contribution in [0.15, 0.2) is 0 Å². The monoisotopic (exact) mass is 161 g/mol. The van der Waals surface area contributed by atoms with Gasteiger partial charge < -0.3 is 25.4 Å². The van der Waals surface area contributed by atoms with Crippen LogP contribution >= 0.6 is 0 Å². The number of aliphatic hydroxyl groups excluding tert-OH is 2. The van der Waals surface area contributed by atoms with E-state index < -0.39 is 30.6 Å². The average molecular weight is 161 g/mol. The van der Waals surface area contributed by atoms with Gasteiger partial charge >= 0.3 is 0 Å². The zero-order valence-corrected chi connectivity index (χ0v) is 5.88. The Labute approximate surface area is 63.7 Å². The van der Waals surface area contributed by atoms with E-state index >= 15 is 0 Å². The van der Waals surface area contributed by atoms with Crippen molar-refractivity contribution in [3.63, 3.8) is 0 Å². The summed E-state index contributed by atoms with van der Waals surface area (Å²) in [4.78, 5) is 0. The minimum absolute atomic E-state index is 0.316. The standard InChI is InChI=1S/C6H11NO4/c7-3-5(9)4(8)2-1-10-6(3)11-2/h2-6,8-9H,1,7H2/t2-,3-,4-,5-,6+/m1/s1. The van der Waals surface area contributed by atoms with Crippen molar-refractivity contribution in [2.45, 2.75) is 30.6 Å². The molecular weight excluding hydrogens is 150 g/mol. The molecule has 2 fully saturated rings. The fourth-order valence-electron chi connectivity index (χ4n) is 1.43. The second-order valence-electron chi connectivity index (χ2n) is 2.93. The van der Waals surface area contributed by atoms with Crippen LogP contribution in [0.2, 0.25) is 0 Å². The molecule has 11 heavy (non-hydrogen) atoms. The fourth-order valence-corrected chi connectivity index (χ4v) is 1.43. The van der Waals surface area contributed by atoms with Gasteiger partial charge in [-0.25, -0.2) is 0 Å². The Morgan fingerprint density at radius 2 is 2.00 bits per heavy atom. The first-order valence-electron chi connectivity index (χ1n) is 3.59. The Morgan fingerprint density at radius 3 is 2.73 bits per heavy atom. The Balaban J connectivity index is 2.16. The molecule has 0 aliphatic carbocycles. The summed E-state index contributed by atoms with van der Waals surface area (Å²) in [7, 11) is 0. The van der Waals surface area contributed by atoms with Crippen LogP contribution in [-0.2, 0) is 9.47 Å². The van der Waals surface area contributed by atoms with Gasteiger partial charge in [0.05, 0.1) is 12.6 Å². The topological polar surface area (TPSA) is 84.9 Å². The van der Waals surface area contributed by atoms with E-state index in [4.69, 9.17) is 15.2 Å². The number of fused-ring (bicyclic) bond motifs is 2. The molecule has 5 atom stereocenters. The van der Waals surface area contributed by atoms with Crippen molar-refractivity contribution in [3.05, 3.63) is 0 Å². The number of rotatable bonds is 0. The third-order valence-electron chi connectivity index (χ3n) is 2.17. The molecule has 0 aromatic rings. The highest BCUT2D eigenvalue weighted by molar-refractivity contribution is 4.94. The molecular formula is C6H11NO4. The van der Waals surface area contributed by atoms with Crippen molar-refractivity contribution in [1.29, 1.82) is 0 Å². The lowest BCUT2D eigenvalue weighted by Gasteiger charge is -2.33. The molecule has 2 saturated heterocycles. The molecule has 2 rings (SSSR count). The van der Waals surface area contributed by atoms with Crippen molar-refractivity contribution in [3.8, 4) is 0 Å². The maximum absolute atomic E-state index is 9.30. The van der Waals surface area contributed by atoms with Gasteiger partial charge in [0.2, 0.25) is 0 Å². The first kappa shape index (κ1) is 7.45. The number of nitrogens with two attached hydrogens (primary N) is 1. The Bertz CT molecular complexity index is 145. The van der Waals surface area contributed by atoms with Crippen molar-refractivity contribution >= 4 is 0 Å². The molecule has 5 nitrogen and oxygen atoms in total. The third kappa shape index (κ3) is 0.969. The zero-order valence-electron chi connectivity index (χ0n) is 5.88. The van der Waals surface area contributed by atoms with Gasteiger partial charge in [0.25, 0.3) is 0 Å². The lowest BCUT2D eigenvalue weighted by Crippen LogP contribution is -2.57. The largest absolute Gasteiger partial charge is 0.388 e. The number of aliphatic hydroxyl groups is 2. The third-order valence-corrected chi connectivity index (χ3v) is 2.17. The summed E-state index contributed by atoms with van der Waals surface area (Å²) in [6.07, 6.45) is -2.79. The maximum atomic E-state index is 9.30. The van der Waals surface area contributed by atoms with Crippen LogP contribution in [0, 0.1) is 0 Å². The van der Waals surface area contributed by atoms with Gasteiger partial charge in [-0.1, -0.05) is 0 Å². The molecule has 2 heterocycles. The van der Waals surface area contributed by atoms with Gasteiger partial charge in [0, 0.05) is 0 Å². The van der Waals surface area contributed by atoms with Gasteiger partial charge in [0.1, 0.15) is 18.3 Å². The molecule has 5 heteroatoms. The average Bonchev–Trinajstić information content (AvgIpc) is 2.44. The second-order valence-corrected chi connectivity index (χ2v) is 2.93. The van der Waals surface area contributed by atoms with Crippen LogP contribution in [0.4, 0.5) is 0 Å². The Hall–Kier alpha value is -0.200. The number of hydrogen-bond donors (Lipinski definition) is 3. The van der Waals surface area contributed by atoms with Crippen molar-refractivity contribution in [2.75, 3.05) is 6.61 Å². The predicted octanol–water partition coefficient (Wildman–Crippen LogP) is -2.21. The van der Waals surface area contributed by atoms with Crippen molar-refractivity contribution in [1.82, 2.24) is 0 Å². The van der Waals surface area contributed by atoms with E-state index in [1.54, 1.807) is 0 Å². The molecule has 0 aromatic heterocycles. The summed E-state index contributed by atoms with van der Waals surface area (Å²) < 4.78 is 10.2. The van der Waals surface area contributed by atoms with Crippen LogP contribution in [0.1, 0.15) is 0 Å². The minimum Gasteiger partial charge on any atom is -0.388 e. The molecule has 64 valence electrons. The van der Waals surface area contributed by atoms with E-state index in [1.807, 2.05) is 0 Å². The zero-order chi connectivity index (χ0) is 8.01. The fraction of sp³-hybridized carbons (Fsp3) is 1.00. The Kier molecular flexibility index (Phi) is 1.62. The lowest BCUT2D eigenvalue weighted by molar-refractivity contribution is -0.177. The van der Waals surface area contributed by atoms with Crippen LogP contribution in [-0.4, -0.2) is 47.5 Å². The van der Waals surface area contributed by atoms with Gasteiger partial charge in [-0.15, -0.1) is 0 Å². The van der Waals surface area contributed by atoms with Gasteiger partial charge in [-0.05, 0) is 0 Å². The van der Waals surface area contributed by atoms with Gasteiger partial charge in [-0.3, -0.25) is 0 Å². The minimum atomic E-state index is -0.929. The van der Waals surface area contributed by atoms with Crippen molar-refractivity contribution < 1.29 is 19.7 Å². The summed E-state index contributed by atoms with van der Waals surface area (Å²) in [5, 5.41) is 18.6. The van der Waals surface area contributed by atoms with Crippen LogP contribution in [0.25, 0.3) is 0 Å². The van der Waals surface area contributed by atoms with E-state index in [9.17, 15) is 10.2 Å². The molecule has 2 bridgehead atoms. The van der Waals surface area contributed by atoms with E-state index in [0.717, 1.165) is 0 Å². The second kappa shape index (κ2) is 2.40. The summed E-state index contributed by atoms with van der Waals surface area (Å²) in [5.41, 5.74) is 5.49. The lowest BCUT2D eigenvalue weighted by atomic mass is 10.00. The van der Waals surface area contributed by atoms with E-state index in [2.05, 4.69) is 0 Å². The highest BCUT2D eigenvalue weighted by atomic mass is 16.7. The normalized spacial score (nSPS) is 56.5. The quantitative estimate of drug-likeness (QED) is 0.375. The predicted molar refractivity (Wildman–Crippen MR) is 34.6 cm³/mol. The molecule has 0 spiro atoms. The maximum Gasteiger partial charge on any atom is 0.175 e. The van der Waals surface area contributed by atoms with Crippen LogP contribution in [0.5, 0.6) is 0 Å². The first-order chi connectivity index (χ1) is 5.20. The Morgan fingerprint density at radius 1 is 1.27 bits per heavy atom. The van der Waals surface area contributed by atoms with Crippen LogP contribution < -0.4 is 5.73 Å². The SMILES string of the molecule is N[C@H]1[C@H]2OC[C@@H](O2)[C@@H](O)[C@@H]1O. The van der Waals surface area contributed by atoms with Crippen molar-refractivity contribution in [2.24, 2.45) is 5.73 Å². The molecule has 0 aromatic carbocycles. The molecule has 0 saturated carbocycles. The highest BCUT2D eigenvalue weighted by Crippen LogP contribution is 2.26. The number of ether oxygens (including phenoxy) is 2. The summed E-state index contributed by atoms with van der Waals surface area (Å²) in [6.45, 7) is 0.316. The van der Waals surface area contributed by atoms with Gasteiger partial charge in [0.15, 0.2) is 6.29 Å². The summed E-state index contributed by atoms with van der Waals surface area (Å²) in [5.74, 6) is 0. The molecule has 4 N–H and O–H groups in total. The van der Waals surface area contributed by atoms with E-state index in [-0.39, 0.29) is 0 Å². The molecule has 0 radical (unpaired) electrons. The highest BCUT2D eigenvalue weighted by Gasteiger charge is 2.47. The van der Waals surface area contributed by atoms with Crippen LogP contribution in [0.3, 0.4) is 0 Å². The molecule has 0 unspecified atom stereocenters. The summed E-state index contributed by atoms with van der Waals surface area (Å²) >= 11 is 0. The first-order valence-corrected chi connectivity index (χ1v) is 3.59. The van der Waals surface area contributed by atoms with E-state index in [1.165, 1.54) is 0 Å². The van der Waals surface area contributed by atoms with E-state index in [0.29, 0.717) is 6.61 Å².